The van der Waals surface area contributed by atoms with Gasteiger partial charge < -0.3 is 9.64 Å². The van der Waals surface area contributed by atoms with E-state index in [1.807, 2.05) is 4.90 Å². The van der Waals surface area contributed by atoms with Gasteiger partial charge in [0.25, 0.3) is 5.91 Å². The van der Waals surface area contributed by atoms with E-state index < -0.39 is 11.7 Å². The first-order valence-electron chi connectivity index (χ1n) is 10.7. The second-order valence-electron chi connectivity index (χ2n) is 8.99. The zero-order valence-corrected chi connectivity index (χ0v) is 18.7. The van der Waals surface area contributed by atoms with Crippen molar-refractivity contribution in [1.29, 1.82) is 0 Å². The Bertz CT molecular complexity index is 1150. The van der Waals surface area contributed by atoms with Crippen molar-refractivity contribution in [1.82, 2.24) is 19.8 Å². The summed E-state index contributed by atoms with van der Waals surface area (Å²) in [7, 11) is 0. The monoisotopic (exact) mass is 458 g/mol. The Morgan fingerprint density at radius 1 is 0.970 bits per heavy atom. The molecule has 1 aliphatic rings. The zero-order chi connectivity index (χ0) is 23.8. The van der Waals surface area contributed by atoms with Gasteiger partial charge in [0, 0.05) is 49.4 Å². The minimum Gasteiger partial charge on any atom is -0.439 e. The number of amides is 1. The summed E-state index contributed by atoms with van der Waals surface area (Å²) in [4.78, 5) is 25.3. The molecule has 1 saturated heterocycles. The van der Waals surface area contributed by atoms with Crippen LogP contribution in [-0.2, 0) is 6.18 Å². The van der Waals surface area contributed by atoms with Crippen LogP contribution in [0.5, 0.6) is 11.6 Å². The van der Waals surface area contributed by atoms with Crippen molar-refractivity contribution in [3.8, 4) is 11.6 Å². The maximum absolute atomic E-state index is 12.9. The highest BCUT2D eigenvalue weighted by Crippen LogP contribution is 2.30. The number of hydrogen-bond donors (Lipinski definition) is 0. The lowest BCUT2D eigenvalue weighted by Gasteiger charge is -2.42. The maximum Gasteiger partial charge on any atom is 0.417 e. The molecule has 9 heteroatoms. The summed E-state index contributed by atoms with van der Waals surface area (Å²) in [5.41, 5.74) is 0.243. The molecule has 0 atom stereocenters. The van der Waals surface area contributed by atoms with Crippen molar-refractivity contribution >= 4 is 16.8 Å². The number of alkyl halides is 3. The Hall–Kier alpha value is -3.20. The number of carbonyl (C=O) groups is 1. The van der Waals surface area contributed by atoms with Gasteiger partial charge in [-0.15, -0.1) is 0 Å². The molecular formula is C24H25F3N4O2. The van der Waals surface area contributed by atoms with Crippen LogP contribution in [0.4, 0.5) is 13.2 Å². The van der Waals surface area contributed by atoms with E-state index in [0.717, 1.165) is 30.7 Å². The number of nitrogens with zero attached hydrogens (tertiary/aromatic N) is 4. The van der Waals surface area contributed by atoms with Gasteiger partial charge in [0.15, 0.2) is 0 Å². The molecule has 33 heavy (non-hydrogen) atoms. The van der Waals surface area contributed by atoms with Crippen molar-refractivity contribution in [2.24, 2.45) is 0 Å². The van der Waals surface area contributed by atoms with E-state index >= 15 is 0 Å². The highest BCUT2D eigenvalue weighted by Gasteiger charge is 2.31. The van der Waals surface area contributed by atoms with Gasteiger partial charge >= 0.3 is 6.18 Å². The molecule has 2 aromatic heterocycles. The van der Waals surface area contributed by atoms with E-state index in [1.54, 1.807) is 30.3 Å². The Kier molecular flexibility index (Phi) is 6.00. The van der Waals surface area contributed by atoms with Gasteiger partial charge in [-0.1, -0.05) is 6.07 Å². The van der Waals surface area contributed by atoms with Gasteiger partial charge in [0.05, 0.1) is 11.1 Å². The van der Waals surface area contributed by atoms with Crippen molar-refractivity contribution in [3.63, 3.8) is 0 Å². The smallest absolute Gasteiger partial charge is 0.417 e. The highest BCUT2D eigenvalue weighted by molar-refractivity contribution is 5.95. The lowest BCUT2D eigenvalue weighted by atomic mass is 10.0. The number of ether oxygens (including phenoxy) is 1. The van der Waals surface area contributed by atoms with Crippen LogP contribution in [0.3, 0.4) is 0 Å². The number of fused-ring (bicyclic) bond motifs is 1. The van der Waals surface area contributed by atoms with Crippen LogP contribution in [0, 0.1) is 0 Å². The third kappa shape index (κ3) is 5.24. The van der Waals surface area contributed by atoms with E-state index in [9.17, 15) is 18.0 Å². The largest absolute Gasteiger partial charge is 0.439 e. The summed E-state index contributed by atoms with van der Waals surface area (Å²) in [6.45, 7) is 9.46. The van der Waals surface area contributed by atoms with Gasteiger partial charge in [-0.2, -0.15) is 13.2 Å². The van der Waals surface area contributed by atoms with E-state index in [1.165, 1.54) is 6.07 Å². The van der Waals surface area contributed by atoms with Crippen molar-refractivity contribution in [3.05, 3.63) is 59.9 Å². The molecule has 0 bridgehead atoms. The molecule has 0 unspecified atom stereocenters. The van der Waals surface area contributed by atoms with E-state index in [4.69, 9.17) is 4.74 Å². The summed E-state index contributed by atoms with van der Waals surface area (Å²) >= 11 is 0. The number of benzene rings is 1. The van der Waals surface area contributed by atoms with Crippen LogP contribution in [0.25, 0.3) is 10.9 Å². The minimum atomic E-state index is -4.45. The molecule has 1 aromatic carbocycles. The number of halogens is 3. The minimum absolute atomic E-state index is 0.0523. The second kappa shape index (κ2) is 8.62. The van der Waals surface area contributed by atoms with Crippen molar-refractivity contribution in [2.75, 3.05) is 26.2 Å². The average Bonchev–Trinajstić information content (AvgIpc) is 2.77. The van der Waals surface area contributed by atoms with E-state index in [2.05, 4.69) is 35.6 Å². The second-order valence-corrected chi connectivity index (χ2v) is 8.99. The number of carbonyl (C=O) groups excluding carboxylic acids is 1. The highest BCUT2D eigenvalue weighted by atomic mass is 19.4. The molecule has 1 aliphatic heterocycles. The summed E-state index contributed by atoms with van der Waals surface area (Å²) in [6, 6.07) is 10.6. The average molecular weight is 458 g/mol. The molecule has 0 aliphatic carbocycles. The predicted molar refractivity (Wildman–Crippen MR) is 118 cm³/mol. The maximum atomic E-state index is 12.9. The topological polar surface area (TPSA) is 58.6 Å². The zero-order valence-electron chi connectivity index (χ0n) is 18.7. The van der Waals surface area contributed by atoms with Crippen LogP contribution in [0.15, 0.2) is 48.7 Å². The Morgan fingerprint density at radius 2 is 1.70 bits per heavy atom. The Morgan fingerprint density at radius 3 is 2.30 bits per heavy atom. The molecule has 3 heterocycles. The summed E-state index contributed by atoms with van der Waals surface area (Å²) in [5.74, 6) is 0.366. The van der Waals surface area contributed by atoms with Gasteiger partial charge in [-0.3, -0.25) is 9.69 Å². The molecule has 1 amide bonds. The fourth-order valence-corrected chi connectivity index (χ4v) is 3.76. The number of rotatable bonds is 3. The first kappa shape index (κ1) is 23.0. The number of piperazine rings is 1. The van der Waals surface area contributed by atoms with Gasteiger partial charge in [-0.05, 0) is 51.1 Å². The van der Waals surface area contributed by atoms with Gasteiger partial charge in [0.2, 0.25) is 5.88 Å². The third-order valence-corrected chi connectivity index (χ3v) is 5.68. The molecule has 6 nitrogen and oxygen atoms in total. The quantitative estimate of drug-likeness (QED) is 0.553. The molecule has 0 N–H and O–H groups in total. The number of aromatic nitrogens is 2. The lowest BCUT2D eigenvalue weighted by Crippen LogP contribution is -2.54. The summed E-state index contributed by atoms with van der Waals surface area (Å²) < 4.78 is 43.6. The van der Waals surface area contributed by atoms with Crippen LogP contribution in [0.2, 0.25) is 0 Å². The van der Waals surface area contributed by atoms with Gasteiger partial charge in [0.1, 0.15) is 11.4 Å². The molecule has 1 fully saturated rings. The Balaban J connectivity index is 1.45. The van der Waals surface area contributed by atoms with Crippen molar-refractivity contribution in [2.45, 2.75) is 32.5 Å². The fraction of sp³-hybridized carbons (Fsp3) is 0.375. The molecule has 4 rings (SSSR count). The first-order valence-corrected chi connectivity index (χ1v) is 10.7. The van der Waals surface area contributed by atoms with Crippen LogP contribution in [-0.4, -0.2) is 57.4 Å². The van der Waals surface area contributed by atoms with Crippen LogP contribution < -0.4 is 4.74 Å². The number of hydrogen-bond acceptors (Lipinski definition) is 5. The molecule has 0 spiro atoms. The molecule has 0 saturated carbocycles. The normalized spacial score (nSPS) is 15.6. The fourth-order valence-electron chi connectivity index (χ4n) is 3.76. The SMILES string of the molecule is CC(C)(C)N1CCN(C(=O)c2ccc3cc(Oc4ccc(C(F)(F)F)cn4)ccc3n2)CC1. The number of pyridine rings is 2. The van der Waals surface area contributed by atoms with E-state index in [0.29, 0.717) is 30.0 Å². The molecule has 0 radical (unpaired) electrons. The standard InChI is InChI=1S/C24H25F3N4O2/c1-23(2,3)31-12-10-30(11-13-31)22(32)20-7-4-16-14-18(6-8-19(16)29-20)33-21-9-5-17(15-28-21)24(25,26)27/h4-9,14-15H,10-13H2,1-3H3. The molecule has 3 aromatic rings. The molecular weight excluding hydrogens is 433 g/mol. The third-order valence-electron chi connectivity index (χ3n) is 5.68. The van der Waals surface area contributed by atoms with Crippen molar-refractivity contribution < 1.29 is 22.7 Å². The lowest BCUT2D eigenvalue weighted by molar-refractivity contribution is -0.137. The first-order chi connectivity index (χ1) is 15.5. The summed E-state index contributed by atoms with van der Waals surface area (Å²) in [5, 5.41) is 0.744. The summed E-state index contributed by atoms with van der Waals surface area (Å²) in [6.07, 6.45) is -3.72. The predicted octanol–water partition coefficient (Wildman–Crippen LogP) is 5.00. The van der Waals surface area contributed by atoms with Crippen LogP contribution in [0.1, 0.15) is 36.8 Å². The van der Waals surface area contributed by atoms with E-state index in [-0.39, 0.29) is 17.3 Å². The van der Waals surface area contributed by atoms with Crippen LogP contribution >= 0.6 is 0 Å². The van der Waals surface area contributed by atoms with Gasteiger partial charge in [-0.25, -0.2) is 9.97 Å². The molecule has 174 valence electrons. The Labute approximate surface area is 190 Å².